The number of rotatable bonds is 11. The molecule has 1 aromatic heterocycles. The van der Waals surface area contributed by atoms with Crippen LogP contribution in [0.3, 0.4) is 0 Å². The van der Waals surface area contributed by atoms with E-state index in [0.717, 1.165) is 16.7 Å². The van der Waals surface area contributed by atoms with Gasteiger partial charge < -0.3 is 30.1 Å². The average molecular weight is 530 g/mol. The summed E-state index contributed by atoms with van der Waals surface area (Å²) in [5.74, 6) is -2.39. The molecule has 0 saturated carbocycles. The predicted octanol–water partition coefficient (Wildman–Crippen LogP) is 3.78. The molecule has 200 valence electrons. The van der Waals surface area contributed by atoms with Crippen molar-refractivity contribution in [2.75, 3.05) is 12.4 Å². The van der Waals surface area contributed by atoms with E-state index in [1.54, 1.807) is 24.3 Å². The molecule has 0 aliphatic rings. The maximum absolute atomic E-state index is 12.9. The second-order valence-corrected chi connectivity index (χ2v) is 8.76. The monoisotopic (exact) mass is 529 g/mol. The zero-order valence-corrected chi connectivity index (χ0v) is 21.0. The van der Waals surface area contributed by atoms with Crippen molar-refractivity contribution < 1.29 is 33.9 Å². The number of benzene rings is 3. The van der Waals surface area contributed by atoms with Gasteiger partial charge in [0.1, 0.15) is 5.75 Å². The topological polar surface area (TPSA) is 151 Å². The molecule has 3 aromatic carbocycles. The number of hydrogen-bond donors (Lipinski definition) is 4. The molecule has 4 aromatic rings. The minimum atomic E-state index is -1.68. The van der Waals surface area contributed by atoms with Crippen LogP contribution >= 0.6 is 0 Å². The van der Waals surface area contributed by atoms with E-state index in [-0.39, 0.29) is 30.0 Å². The molecule has 2 amide bonds. The van der Waals surface area contributed by atoms with Crippen LogP contribution in [0, 0.1) is 0 Å². The first-order chi connectivity index (χ1) is 18.8. The van der Waals surface area contributed by atoms with Crippen molar-refractivity contribution in [2.45, 2.75) is 25.0 Å². The third kappa shape index (κ3) is 7.08. The highest BCUT2D eigenvalue weighted by Crippen LogP contribution is 2.21. The van der Waals surface area contributed by atoms with Gasteiger partial charge in [0.15, 0.2) is 11.9 Å². The van der Waals surface area contributed by atoms with Gasteiger partial charge in [-0.15, -0.1) is 0 Å². The number of methoxy groups -OCH3 is 1. The van der Waals surface area contributed by atoms with Gasteiger partial charge in [-0.2, -0.15) is 0 Å². The van der Waals surface area contributed by atoms with E-state index >= 15 is 0 Å². The number of carboxylic acid groups (broad SMARTS) is 1. The molecule has 39 heavy (non-hydrogen) atoms. The van der Waals surface area contributed by atoms with Gasteiger partial charge in [0.05, 0.1) is 12.7 Å². The molecular weight excluding hydrogens is 502 g/mol. The number of hydrogen-bond acceptors (Lipinski definition) is 7. The summed E-state index contributed by atoms with van der Waals surface area (Å²) in [6.07, 6.45) is -1.65. The summed E-state index contributed by atoms with van der Waals surface area (Å²) in [7, 11) is 1.44. The summed E-state index contributed by atoms with van der Waals surface area (Å²) >= 11 is 0. The Morgan fingerprint density at radius 3 is 2.28 bits per heavy atom. The Balaban J connectivity index is 1.44. The molecule has 1 heterocycles. The number of aliphatic hydroxyl groups excluding tert-OH is 1. The van der Waals surface area contributed by atoms with Gasteiger partial charge >= 0.3 is 5.97 Å². The van der Waals surface area contributed by atoms with E-state index < -0.39 is 29.9 Å². The Bertz CT molecular complexity index is 1430. The number of para-hydroxylation sites is 1. The molecule has 4 rings (SSSR count). The van der Waals surface area contributed by atoms with Gasteiger partial charge in [0.25, 0.3) is 11.8 Å². The lowest BCUT2D eigenvalue weighted by Crippen LogP contribution is -2.40. The number of carbonyl (C=O) groups excluding carboxylic acids is 2. The molecule has 0 radical (unpaired) electrons. The van der Waals surface area contributed by atoms with Gasteiger partial charge in [-0.25, -0.2) is 4.79 Å². The van der Waals surface area contributed by atoms with Crippen LogP contribution in [-0.4, -0.2) is 52.4 Å². The summed E-state index contributed by atoms with van der Waals surface area (Å²) in [5.41, 5.74) is 3.17. The number of aliphatic hydroxyl groups is 1. The SMILES string of the molecule is COc1ccccc1C(=O)Nc1cc(C(=O)N[C@H](Cc2ccc(-c3ccccc3)cc2)C[C@@H](O)C(=O)O)on1. The molecule has 2 atom stereocenters. The Hall–Kier alpha value is -4.96. The Labute approximate surface area is 224 Å². The summed E-state index contributed by atoms with van der Waals surface area (Å²) in [4.78, 5) is 36.8. The van der Waals surface area contributed by atoms with Crippen molar-refractivity contribution >= 4 is 23.6 Å². The van der Waals surface area contributed by atoms with Gasteiger partial charge in [0, 0.05) is 18.5 Å². The first kappa shape index (κ1) is 27.1. The number of amides is 2. The van der Waals surface area contributed by atoms with Crippen molar-refractivity contribution in [3.05, 3.63) is 102 Å². The normalized spacial score (nSPS) is 12.3. The number of anilines is 1. The fourth-order valence-corrected chi connectivity index (χ4v) is 4.03. The number of aliphatic carboxylic acids is 1. The zero-order valence-electron chi connectivity index (χ0n) is 21.0. The van der Waals surface area contributed by atoms with Gasteiger partial charge in [-0.05, 0) is 35.2 Å². The van der Waals surface area contributed by atoms with E-state index in [1.165, 1.54) is 13.2 Å². The molecule has 0 bridgehead atoms. The molecule has 0 aliphatic heterocycles. The fourth-order valence-electron chi connectivity index (χ4n) is 4.03. The highest BCUT2D eigenvalue weighted by molar-refractivity contribution is 6.06. The molecule has 10 nitrogen and oxygen atoms in total. The second kappa shape index (κ2) is 12.5. The average Bonchev–Trinajstić information content (AvgIpc) is 3.42. The Morgan fingerprint density at radius 1 is 0.923 bits per heavy atom. The zero-order chi connectivity index (χ0) is 27.8. The van der Waals surface area contributed by atoms with Crippen LogP contribution in [-0.2, 0) is 11.2 Å². The minimum absolute atomic E-state index is 0.00896. The molecule has 4 N–H and O–H groups in total. The summed E-state index contributed by atoms with van der Waals surface area (Å²) in [6.45, 7) is 0. The number of nitrogens with one attached hydrogen (secondary N) is 2. The summed E-state index contributed by atoms with van der Waals surface area (Å²) < 4.78 is 10.3. The quantitative estimate of drug-likeness (QED) is 0.229. The van der Waals surface area contributed by atoms with Crippen molar-refractivity contribution in [1.82, 2.24) is 10.5 Å². The van der Waals surface area contributed by atoms with Gasteiger partial charge in [-0.1, -0.05) is 71.9 Å². The molecular formula is C29H27N3O7. The van der Waals surface area contributed by atoms with Crippen molar-refractivity contribution in [2.24, 2.45) is 0 Å². The largest absolute Gasteiger partial charge is 0.496 e. The Kier molecular flexibility index (Phi) is 8.70. The van der Waals surface area contributed by atoms with Gasteiger partial charge in [0.2, 0.25) is 5.76 Å². The lowest BCUT2D eigenvalue weighted by Gasteiger charge is -2.20. The van der Waals surface area contributed by atoms with Crippen LogP contribution in [0.4, 0.5) is 5.82 Å². The van der Waals surface area contributed by atoms with Crippen LogP contribution in [0.2, 0.25) is 0 Å². The number of carbonyl (C=O) groups is 3. The smallest absolute Gasteiger partial charge is 0.332 e. The maximum Gasteiger partial charge on any atom is 0.332 e. The molecule has 10 heteroatoms. The molecule has 0 unspecified atom stereocenters. The molecule has 0 spiro atoms. The van der Waals surface area contributed by atoms with E-state index in [4.69, 9.17) is 9.26 Å². The van der Waals surface area contributed by atoms with Crippen molar-refractivity contribution in [3.8, 4) is 16.9 Å². The number of nitrogens with zero attached hydrogens (tertiary/aromatic N) is 1. The highest BCUT2D eigenvalue weighted by atomic mass is 16.5. The second-order valence-electron chi connectivity index (χ2n) is 8.76. The first-order valence-electron chi connectivity index (χ1n) is 12.1. The Morgan fingerprint density at radius 2 is 1.59 bits per heavy atom. The third-order valence-corrected chi connectivity index (χ3v) is 6.00. The fraction of sp³-hybridized carbons (Fsp3) is 0.172. The van der Waals surface area contributed by atoms with Crippen molar-refractivity contribution in [3.63, 3.8) is 0 Å². The third-order valence-electron chi connectivity index (χ3n) is 6.00. The maximum atomic E-state index is 12.9. The van der Waals surface area contributed by atoms with Crippen LogP contribution in [0.15, 0.2) is 89.5 Å². The molecule has 0 aliphatic carbocycles. The molecule has 0 fully saturated rings. The standard InChI is InChI=1S/C29H27N3O7/c1-38-24-10-6-5-9-22(24)27(34)31-26-17-25(39-32-26)28(35)30-21(16-23(33)29(36)37)15-18-11-13-20(14-12-18)19-7-3-2-4-8-19/h2-14,17,21,23,33H,15-16H2,1H3,(H,30,35)(H,36,37)(H,31,32,34)/t21-,23-/m1/s1. The lowest BCUT2D eigenvalue weighted by molar-refractivity contribution is -0.147. The van der Waals surface area contributed by atoms with Crippen LogP contribution in [0.25, 0.3) is 11.1 Å². The summed E-state index contributed by atoms with van der Waals surface area (Å²) in [5, 5.41) is 28.1. The van der Waals surface area contributed by atoms with Crippen LogP contribution < -0.4 is 15.4 Å². The molecule has 0 saturated heterocycles. The van der Waals surface area contributed by atoms with E-state index in [0.29, 0.717) is 5.75 Å². The van der Waals surface area contributed by atoms with E-state index in [9.17, 15) is 24.6 Å². The van der Waals surface area contributed by atoms with E-state index in [1.807, 2.05) is 54.6 Å². The predicted molar refractivity (Wildman–Crippen MR) is 143 cm³/mol. The summed E-state index contributed by atoms with van der Waals surface area (Å²) in [6, 6.07) is 24.6. The number of carboxylic acids is 1. The minimum Gasteiger partial charge on any atom is -0.496 e. The van der Waals surface area contributed by atoms with Gasteiger partial charge in [-0.3, -0.25) is 9.59 Å². The number of aromatic nitrogens is 1. The first-order valence-corrected chi connectivity index (χ1v) is 12.1. The van der Waals surface area contributed by atoms with Crippen molar-refractivity contribution in [1.29, 1.82) is 0 Å². The number of ether oxygens (including phenoxy) is 1. The lowest BCUT2D eigenvalue weighted by atomic mass is 9.97. The van der Waals surface area contributed by atoms with Crippen LogP contribution in [0.5, 0.6) is 5.75 Å². The van der Waals surface area contributed by atoms with Crippen LogP contribution in [0.1, 0.15) is 32.9 Å². The van der Waals surface area contributed by atoms with E-state index in [2.05, 4.69) is 15.8 Å². The highest BCUT2D eigenvalue weighted by Gasteiger charge is 2.24.